The Balaban J connectivity index is 0.00000272. The Morgan fingerprint density at radius 2 is 1.16 bits per heavy atom. The van der Waals surface area contributed by atoms with Gasteiger partial charge in [-0.15, -0.1) is 11.8 Å². The first-order valence-corrected chi connectivity index (χ1v) is 12.8. The SMILES string of the molecule is CSc1nc(C)n(C)c(=O)c1[P+](c1ccccc1)(c1ccccc1)c1ccccc1.[I-]. The second-order valence-corrected chi connectivity index (χ2v) is 11.2. The standard InChI is InChI=1S/C25H24N2OPS.HI/c1-19-26-24(30-3)23(25(28)27(19)2)29(20-13-7-4-8-14-20,21-15-9-5-10-16-21)22-17-11-6-12-18-22;/h4-18H,1-3H3;1H/q+1;/p-1. The van der Waals surface area contributed by atoms with Crippen LogP contribution >= 0.6 is 19.0 Å². The van der Waals surface area contributed by atoms with Crippen molar-refractivity contribution in [2.24, 2.45) is 7.05 Å². The molecule has 0 atom stereocenters. The minimum Gasteiger partial charge on any atom is -1.00 e. The van der Waals surface area contributed by atoms with E-state index in [1.54, 1.807) is 16.3 Å². The maximum atomic E-state index is 13.9. The summed E-state index contributed by atoms with van der Waals surface area (Å²) in [5.74, 6) is 0.723. The molecule has 158 valence electrons. The first-order chi connectivity index (χ1) is 14.6. The molecule has 0 bridgehead atoms. The molecule has 0 unspecified atom stereocenters. The van der Waals surface area contributed by atoms with Crippen LogP contribution in [0.2, 0.25) is 0 Å². The third kappa shape index (κ3) is 4.11. The Labute approximate surface area is 205 Å². The molecule has 0 amide bonds. The molecule has 0 aliphatic carbocycles. The Kier molecular flexibility index (Phi) is 7.73. The molecule has 0 aliphatic rings. The van der Waals surface area contributed by atoms with Gasteiger partial charge < -0.3 is 24.0 Å². The number of thioether (sulfide) groups is 1. The van der Waals surface area contributed by atoms with Crippen LogP contribution in [0.15, 0.2) is 101 Å². The lowest BCUT2D eigenvalue weighted by Gasteiger charge is -2.28. The van der Waals surface area contributed by atoms with Crippen LogP contribution in [-0.4, -0.2) is 15.8 Å². The van der Waals surface area contributed by atoms with E-state index in [9.17, 15) is 4.79 Å². The number of aromatic nitrogens is 2. The van der Waals surface area contributed by atoms with Crippen molar-refractivity contribution in [3.63, 3.8) is 0 Å². The molecular weight excluding hydrogens is 534 g/mol. The fourth-order valence-corrected chi connectivity index (χ4v) is 9.38. The lowest BCUT2D eigenvalue weighted by Crippen LogP contribution is -3.00. The Morgan fingerprint density at radius 3 is 1.52 bits per heavy atom. The number of hydrogen-bond donors (Lipinski definition) is 0. The summed E-state index contributed by atoms with van der Waals surface area (Å²) in [4.78, 5) is 18.7. The summed E-state index contributed by atoms with van der Waals surface area (Å²) < 4.78 is 1.68. The summed E-state index contributed by atoms with van der Waals surface area (Å²) in [5.41, 5.74) is 0.0248. The van der Waals surface area contributed by atoms with E-state index in [1.807, 2.05) is 38.4 Å². The minimum atomic E-state index is -2.46. The second-order valence-electron chi connectivity index (χ2n) is 7.06. The minimum absolute atomic E-state index is 0. The van der Waals surface area contributed by atoms with Gasteiger partial charge in [0.15, 0.2) is 7.26 Å². The van der Waals surface area contributed by atoms with Crippen molar-refractivity contribution in [2.45, 2.75) is 11.9 Å². The summed E-state index contributed by atoms with van der Waals surface area (Å²) in [5, 5.41) is 5.06. The van der Waals surface area contributed by atoms with Crippen LogP contribution in [0, 0.1) is 6.92 Å². The van der Waals surface area contributed by atoms with Gasteiger partial charge in [0.05, 0.1) is 0 Å². The monoisotopic (exact) mass is 558 g/mol. The number of benzene rings is 3. The quantitative estimate of drug-likeness (QED) is 0.154. The van der Waals surface area contributed by atoms with E-state index in [0.29, 0.717) is 0 Å². The zero-order chi connectivity index (χ0) is 21.1. The van der Waals surface area contributed by atoms with Gasteiger partial charge in [-0.05, 0) is 49.6 Å². The van der Waals surface area contributed by atoms with Crippen LogP contribution in [0.4, 0.5) is 0 Å². The number of nitrogens with zero attached hydrogens (tertiary/aromatic N) is 2. The molecule has 0 radical (unpaired) electrons. The van der Waals surface area contributed by atoms with Crippen molar-refractivity contribution in [1.29, 1.82) is 0 Å². The molecule has 4 rings (SSSR count). The molecule has 3 nitrogen and oxygen atoms in total. The van der Waals surface area contributed by atoms with Gasteiger partial charge >= 0.3 is 0 Å². The van der Waals surface area contributed by atoms with E-state index in [2.05, 4.69) is 72.8 Å². The van der Waals surface area contributed by atoms with Crippen LogP contribution in [-0.2, 0) is 7.05 Å². The van der Waals surface area contributed by atoms with Crippen molar-refractivity contribution >= 4 is 40.2 Å². The first-order valence-electron chi connectivity index (χ1n) is 9.78. The van der Waals surface area contributed by atoms with Crippen molar-refractivity contribution in [2.75, 3.05) is 6.26 Å². The molecule has 0 fully saturated rings. The van der Waals surface area contributed by atoms with Crippen molar-refractivity contribution in [1.82, 2.24) is 9.55 Å². The fraction of sp³-hybridized carbons (Fsp3) is 0.120. The molecule has 31 heavy (non-hydrogen) atoms. The fourth-order valence-electron chi connectivity index (χ4n) is 3.89. The highest BCUT2D eigenvalue weighted by molar-refractivity contribution is 8.04. The lowest BCUT2D eigenvalue weighted by molar-refractivity contribution is -0.00000608. The van der Waals surface area contributed by atoms with Gasteiger partial charge in [0.2, 0.25) is 5.30 Å². The Hall–Kier alpha value is -1.95. The van der Waals surface area contributed by atoms with E-state index < -0.39 is 7.26 Å². The van der Waals surface area contributed by atoms with Crippen LogP contribution in [0.25, 0.3) is 0 Å². The number of aryl methyl sites for hydroxylation is 1. The van der Waals surface area contributed by atoms with Gasteiger partial charge in [0.25, 0.3) is 5.56 Å². The van der Waals surface area contributed by atoms with Gasteiger partial charge in [-0.2, -0.15) is 0 Å². The van der Waals surface area contributed by atoms with Gasteiger partial charge in [-0.3, -0.25) is 9.36 Å². The maximum absolute atomic E-state index is 13.9. The molecule has 3 aromatic carbocycles. The molecule has 1 aromatic heterocycles. The summed E-state index contributed by atoms with van der Waals surface area (Å²) in [6.07, 6.45) is 2.00. The molecule has 0 saturated carbocycles. The number of rotatable bonds is 5. The molecule has 6 heteroatoms. The summed E-state index contributed by atoms with van der Waals surface area (Å²) in [6.45, 7) is 1.89. The topological polar surface area (TPSA) is 34.9 Å². The third-order valence-electron chi connectivity index (χ3n) is 5.42. The van der Waals surface area contributed by atoms with E-state index in [0.717, 1.165) is 32.1 Å². The average Bonchev–Trinajstić information content (AvgIpc) is 2.81. The van der Waals surface area contributed by atoms with Crippen molar-refractivity contribution in [3.05, 3.63) is 107 Å². The van der Waals surface area contributed by atoms with Gasteiger partial charge in [-0.25, -0.2) is 4.98 Å². The zero-order valence-electron chi connectivity index (χ0n) is 17.7. The molecule has 0 N–H and O–H groups in total. The van der Waals surface area contributed by atoms with E-state index in [-0.39, 0.29) is 29.5 Å². The van der Waals surface area contributed by atoms with E-state index >= 15 is 0 Å². The molecule has 4 aromatic rings. The zero-order valence-corrected chi connectivity index (χ0v) is 21.6. The van der Waals surface area contributed by atoms with E-state index in [4.69, 9.17) is 4.98 Å². The molecule has 0 saturated heterocycles. The Bertz CT molecular complexity index is 1120. The van der Waals surface area contributed by atoms with Crippen molar-refractivity contribution in [3.8, 4) is 0 Å². The summed E-state index contributed by atoms with van der Waals surface area (Å²) in [6, 6.07) is 31.3. The van der Waals surface area contributed by atoms with Crippen LogP contribution < -0.4 is 50.8 Å². The van der Waals surface area contributed by atoms with Gasteiger partial charge in [0, 0.05) is 7.05 Å². The van der Waals surface area contributed by atoms with E-state index in [1.165, 1.54) is 0 Å². The number of halogens is 1. The smallest absolute Gasteiger partial charge is 0.298 e. The molecule has 0 aliphatic heterocycles. The van der Waals surface area contributed by atoms with Crippen LogP contribution in [0.1, 0.15) is 5.82 Å². The van der Waals surface area contributed by atoms with Gasteiger partial charge in [0.1, 0.15) is 26.8 Å². The first kappa shape index (κ1) is 23.7. The van der Waals surface area contributed by atoms with Crippen molar-refractivity contribution < 1.29 is 24.0 Å². The highest BCUT2D eigenvalue weighted by Crippen LogP contribution is 2.54. The second kappa shape index (κ2) is 10.1. The lowest BCUT2D eigenvalue weighted by atomic mass is 10.4. The molecule has 1 heterocycles. The third-order valence-corrected chi connectivity index (χ3v) is 10.5. The Morgan fingerprint density at radius 1 is 0.774 bits per heavy atom. The highest BCUT2D eigenvalue weighted by atomic mass is 127. The maximum Gasteiger partial charge on any atom is 0.298 e. The largest absolute Gasteiger partial charge is 1.00 e. The van der Waals surface area contributed by atoms with Gasteiger partial charge in [-0.1, -0.05) is 54.6 Å². The molecule has 0 spiro atoms. The summed E-state index contributed by atoms with van der Waals surface area (Å²) in [7, 11) is -0.647. The van der Waals surface area contributed by atoms with Crippen LogP contribution in [0.3, 0.4) is 0 Å². The molecular formula is C25H24IN2OPS. The summed E-state index contributed by atoms with van der Waals surface area (Å²) >= 11 is 1.55. The predicted molar refractivity (Wildman–Crippen MR) is 131 cm³/mol. The predicted octanol–water partition coefficient (Wildman–Crippen LogP) is 0.434. The van der Waals surface area contributed by atoms with Crippen LogP contribution in [0.5, 0.6) is 0 Å². The highest BCUT2D eigenvalue weighted by Gasteiger charge is 2.52. The number of hydrogen-bond acceptors (Lipinski definition) is 3. The normalized spacial score (nSPS) is 11.1. The average molecular weight is 558 g/mol.